The summed E-state index contributed by atoms with van der Waals surface area (Å²) < 4.78 is 13.4. The number of anilines is 2. The number of halogens is 1. The van der Waals surface area contributed by atoms with Crippen molar-refractivity contribution in [3.63, 3.8) is 0 Å². The highest BCUT2D eigenvalue weighted by atomic mass is 19.1. The van der Waals surface area contributed by atoms with Crippen molar-refractivity contribution in [3.8, 4) is 0 Å². The lowest BCUT2D eigenvalue weighted by atomic mass is 9.89. The molecule has 6 heteroatoms. The number of benzene rings is 1. The largest absolute Gasteiger partial charge is 0.382 e. The van der Waals surface area contributed by atoms with Gasteiger partial charge in [-0.15, -0.1) is 0 Å². The molecule has 0 radical (unpaired) electrons. The normalized spacial score (nSPS) is 14.5. The zero-order valence-corrected chi connectivity index (χ0v) is 18.1. The summed E-state index contributed by atoms with van der Waals surface area (Å²) in [7, 11) is 1.73. The minimum absolute atomic E-state index is 0.192. The average molecular weight is 413 g/mol. The Labute approximate surface area is 178 Å². The fourth-order valence-electron chi connectivity index (χ4n) is 4.24. The molecule has 0 bridgehead atoms. The van der Waals surface area contributed by atoms with E-state index in [2.05, 4.69) is 28.7 Å². The number of aromatic amines is 1. The SMILES string of the molecule is C=C(CCC)c1nc(N(Cc2ccc(F)cc2)CC2CCCCC2)[nH]c(=O)c1NC. The second kappa shape index (κ2) is 10.4. The number of allylic oxidation sites excluding steroid dienone is 1. The Morgan fingerprint density at radius 2 is 1.97 bits per heavy atom. The van der Waals surface area contributed by atoms with Gasteiger partial charge in [0.25, 0.3) is 5.56 Å². The highest BCUT2D eigenvalue weighted by molar-refractivity contribution is 5.72. The van der Waals surface area contributed by atoms with Crippen LogP contribution in [0, 0.1) is 11.7 Å². The van der Waals surface area contributed by atoms with E-state index in [1.165, 1.54) is 44.2 Å². The van der Waals surface area contributed by atoms with E-state index in [-0.39, 0.29) is 11.4 Å². The lowest BCUT2D eigenvalue weighted by Gasteiger charge is -2.30. The van der Waals surface area contributed by atoms with E-state index in [4.69, 9.17) is 4.98 Å². The van der Waals surface area contributed by atoms with Gasteiger partial charge in [0, 0.05) is 20.1 Å². The van der Waals surface area contributed by atoms with Crippen molar-refractivity contribution in [1.82, 2.24) is 9.97 Å². The van der Waals surface area contributed by atoms with Gasteiger partial charge in [0.2, 0.25) is 5.95 Å². The predicted molar refractivity (Wildman–Crippen MR) is 122 cm³/mol. The van der Waals surface area contributed by atoms with Gasteiger partial charge in [-0.3, -0.25) is 9.78 Å². The Morgan fingerprint density at radius 1 is 1.27 bits per heavy atom. The highest BCUT2D eigenvalue weighted by Crippen LogP contribution is 2.28. The van der Waals surface area contributed by atoms with E-state index in [0.717, 1.165) is 30.5 Å². The molecule has 1 saturated carbocycles. The minimum Gasteiger partial charge on any atom is -0.382 e. The van der Waals surface area contributed by atoms with E-state index >= 15 is 0 Å². The lowest BCUT2D eigenvalue weighted by Crippen LogP contribution is -2.33. The van der Waals surface area contributed by atoms with Gasteiger partial charge in [0.05, 0.1) is 5.69 Å². The third-order valence-corrected chi connectivity index (χ3v) is 5.83. The fourth-order valence-corrected chi connectivity index (χ4v) is 4.24. The summed E-state index contributed by atoms with van der Waals surface area (Å²) in [6.07, 6.45) is 7.88. The quantitative estimate of drug-likeness (QED) is 0.583. The standard InChI is InChI=1S/C24H33FN4O/c1-4-8-17(2)21-22(26-3)23(30)28-24(27-21)29(15-18-9-6-5-7-10-18)16-19-11-13-20(25)14-12-19/h11-14,18,26H,2,4-10,15-16H2,1,3H3,(H,27,28,30). The van der Waals surface area contributed by atoms with Gasteiger partial charge in [0.15, 0.2) is 0 Å². The van der Waals surface area contributed by atoms with Crippen molar-refractivity contribution in [3.05, 3.63) is 58.3 Å². The van der Waals surface area contributed by atoms with Crippen molar-refractivity contribution >= 4 is 17.2 Å². The van der Waals surface area contributed by atoms with Crippen LogP contribution in [0.2, 0.25) is 0 Å². The number of nitrogens with one attached hydrogen (secondary N) is 2. The molecule has 1 heterocycles. The smallest absolute Gasteiger partial charge is 0.276 e. The maximum Gasteiger partial charge on any atom is 0.276 e. The molecule has 1 aliphatic rings. The Kier molecular flexibility index (Phi) is 7.66. The average Bonchev–Trinajstić information content (AvgIpc) is 2.75. The van der Waals surface area contributed by atoms with Gasteiger partial charge in [-0.05, 0) is 48.4 Å². The van der Waals surface area contributed by atoms with E-state index in [1.807, 2.05) is 0 Å². The topological polar surface area (TPSA) is 61.0 Å². The molecule has 2 aromatic rings. The van der Waals surface area contributed by atoms with Crippen LogP contribution >= 0.6 is 0 Å². The molecule has 1 aromatic carbocycles. The van der Waals surface area contributed by atoms with Crippen LogP contribution in [0.15, 0.2) is 35.6 Å². The summed E-state index contributed by atoms with van der Waals surface area (Å²) in [6.45, 7) is 7.63. The highest BCUT2D eigenvalue weighted by Gasteiger charge is 2.22. The molecular weight excluding hydrogens is 379 g/mol. The number of nitrogens with zero attached hydrogens (tertiary/aromatic N) is 2. The third-order valence-electron chi connectivity index (χ3n) is 5.83. The molecule has 1 aromatic heterocycles. The first-order valence-corrected chi connectivity index (χ1v) is 11.0. The van der Waals surface area contributed by atoms with Crippen LogP contribution in [0.1, 0.15) is 63.1 Å². The molecule has 30 heavy (non-hydrogen) atoms. The fraction of sp³-hybridized carbons (Fsp3) is 0.500. The number of hydrogen-bond donors (Lipinski definition) is 2. The van der Waals surface area contributed by atoms with Gasteiger partial charge >= 0.3 is 0 Å². The maximum atomic E-state index is 13.4. The van der Waals surface area contributed by atoms with Crippen molar-refractivity contribution in [2.75, 3.05) is 23.8 Å². The van der Waals surface area contributed by atoms with Crippen LogP contribution in [0.5, 0.6) is 0 Å². The van der Waals surface area contributed by atoms with Crippen LogP contribution < -0.4 is 15.8 Å². The van der Waals surface area contributed by atoms with Crippen molar-refractivity contribution in [2.45, 2.75) is 58.4 Å². The van der Waals surface area contributed by atoms with E-state index < -0.39 is 0 Å². The van der Waals surface area contributed by atoms with Crippen LogP contribution in [-0.4, -0.2) is 23.6 Å². The number of hydrogen-bond acceptors (Lipinski definition) is 4. The monoisotopic (exact) mass is 412 g/mol. The molecule has 162 valence electrons. The molecular formula is C24H33FN4O. The number of rotatable bonds is 9. The predicted octanol–water partition coefficient (Wildman–Crippen LogP) is 5.35. The molecule has 0 amide bonds. The molecule has 0 atom stereocenters. The van der Waals surface area contributed by atoms with E-state index in [0.29, 0.717) is 29.8 Å². The molecule has 0 unspecified atom stereocenters. The van der Waals surface area contributed by atoms with Crippen LogP contribution in [-0.2, 0) is 6.54 Å². The van der Waals surface area contributed by atoms with E-state index in [1.54, 1.807) is 19.2 Å². The van der Waals surface area contributed by atoms with Crippen molar-refractivity contribution in [1.29, 1.82) is 0 Å². The maximum absolute atomic E-state index is 13.4. The van der Waals surface area contributed by atoms with E-state index in [9.17, 15) is 9.18 Å². The van der Waals surface area contributed by atoms with Gasteiger partial charge in [-0.2, -0.15) is 0 Å². The summed E-state index contributed by atoms with van der Waals surface area (Å²) in [4.78, 5) is 22.8. The Hall–Kier alpha value is -2.63. The lowest BCUT2D eigenvalue weighted by molar-refractivity contribution is 0.356. The second-order valence-corrected chi connectivity index (χ2v) is 8.23. The summed E-state index contributed by atoms with van der Waals surface area (Å²) >= 11 is 0. The molecule has 1 aliphatic carbocycles. The Bertz CT molecular complexity index is 900. The molecule has 2 N–H and O–H groups in total. The van der Waals surface area contributed by atoms with Crippen LogP contribution in [0.4, 0.5) is 16.0 Å². The van der Waals surface area contributed by atoms with Gasteiger partial charge in [-0.25, -0.2) is 9.37 Å². The first kappa shape index (κ1) is 22.1. The van der Waals surface area contributed by atoms with Crippen LogP contribution in [0.25, 0.3) is 5.57 Å². The summed E-state index contributed by atoms with van der Waals surface area (Å²) in [5, 5.41) is 2.98. The minimum atomic E-state index is -0.249. The Morgan fingerprint density at radius 3 is 2.60 bits per heavy atom. The number of H-pyrrole nitrogens is 1. The molecule has 0 spiro atoms. The van der Waals surface area contributed by atoms with Crippen molar-refractivity contribution < 1.29 is 4.39 Å². The van der Waals surface area contributed by atoms with Gasteiger partial charge in [0.1, 0.15) is 11.5 Å². The summed E-state index contributed by atoms with van der Waals surface area (Å²) in [5.41, 5.74) is 2.74. The molecule has 0 aliphatic heterocycles. The first-order valence-electron chi connectivity index (χ1n) is 11.0. The summed E-state index contributed by atoms with van der Waals surface area (Å²) in [6, 6.07) is 6.53. The van der Waals surface area contributed by atoms with Crippen molar-refractivity contribution in [2.24, 2.45) is 5.92 Å². The third kappa shape index (κ3) is 5.49. The molecule has 3 rings (SSSR count). The molecule has 0 saturated heterocycles. The van der Waals surface area contributed by atoms with Gasteiger partial charge in [-0.1, -0.05) is 51.3 Å². The molecule has 5 nitrogen and oxygen atoms in total. The second-order valence-electron chi connectivity index (χ2n) is 8.23. The van der Waals surface area contributed by atoms with Gasteiger partial charge < -0.3 is 10.2 Å². The zero-order chi connectivity index (χ0) is 21.5. The van der Waals surface area contributed by atoms with Crippen LogP contribution in [0.3, 0.4) is 0 Å². The number of aromatic nitrogens is 2. The molecule has 1 fully saturated rings. The Balaban J connectivity index is 1.97. The summed E-state index contributed by atoms with van der Waals surface area (Å²) in [5.74, 6) is 0.873. The first-order chi connectivity index (χ1) is 14.5. The zero-order valence-electron chi connectivity index (χ0n) is 18.1.